The van der Waals surface area contributed by atoms with Gasteiger partial charge < -0.3 is 9.64 Å². The molecule has 0 N–H and O–H groups in total. The van der Waals surface area contributed by atoms with Crippen LogP contribution in [-0.2, 0) is 0 Å². The SMILES string of the molecule is COc1ccc2nc(C(C)C)cc(N(C)c3ccc(F)cc3)c2c1. The molecule has 0 bridgehead atoms. The van der Waals surface area contributed by atoms with Gasteiger partial charge in [-0.15, -0.1) is 0 Å². The van der Waals surface area contributed by atoms with Crippen LogP contribution in [0.2, 0.25) is 0 Å². The third-order valence-electron chi connectivity index (χ3n) is 4.18. The highest BCUT2D eigenvalue weighted by molar-refractivity contribution is 5.95. The first-order chi connectivity index (χ1) is 11.5. The first-order valence-corrected chi connectivity index (χ1v) is 7.97. The molecule has 0 aliphatic rings. The van der Waals surface area contributed by atoms with E-state index in [0.29, 0.717) is 5.92 Å². The molecule has 0 unspecified atom stereocenters. The van der Waals surface area contributed by atoms with Crippen molar-refractivity contribution in [3.05, 3.63) is 60.0 Å². The van der Waals surface area contributed by atoms with Crippen LogP contribution in [0.4, 0.5) is 15.8 Å². The van der Waals surface area contributed by atoms with E-state index in [4.69, 9.17) is 9.72 Å². The zero-order valence-electron chi connectivity index (χ0n) is 14.4. The second-order valence-electron chi connectivity index (χ2n) is 6.14. The summed E-state index contributed by atoms with van der Waals surface area (Å²) in [5.74, 6) is 0.864. The summed E-state index contributed by atoms with van der Waals surface area (Å²) in [6.07, 6.45) is 0. The zero-order valence-corrected chi connectivity index (χ0v) is 14.4. The summed E-state index contributed by atoms with van der Waals surface area (Å²) in [4.78, 5) is 6.81. The number of anilines is 2. The molecule has 0 aliphatic carbocycles. The molecule has 0 saturated carbocycles. The minimum absolute atomic E-state index is 0.240. The van der Waals surface area contributed by atoms with E-state index < -0.39 is 0 Å². The predicted molar refractivity (Wildman–Crippen MR) is 96.8 cm³/mol. The molecule has 0 spiro atoms. The fourth-order valence-electron chi connectivity index (χ4n) is 2.71. The molecule has 2 aromatic carbocycles. The normalized spacial score (nSPS) is 11.1. The molecule has 3 aromatic rings. The van der Waals surface area contributed by atoms with Crippen LogP contribution in [0.1, 0.15) is 25.5 Å². The number of nitrogens with zero attached hydrogens (tertiary/aromatic N) is 2. The van der Waals surface area contributed by atoms with Gasteiger partial charge in [-0.25, -0.2) is 4.39 Å². The number of halogens is 1. The van der Waals surface area contributed by atoms with Crippen LogP contribution in [0.15, 0.2) is 48.5 Å². The lowest BCUT2D eigenvalue weighted by molar-refractivity contribution is 0.415. The van der Waals surface area contributed by atoms with Crippen LogP contribution in [0.25, 0.3) is 10.9 Å². The van der Waals surface area contributed by atoms with Crippen molar-refractivity contribution in [3.8, 4) is 5.75 Å². The highest BCUT2D eigenvalue weighted by Crippen LogP contribution is 2.34. The van der Waals surface area contributed by atoms with Crippen LogP contribution in [0.3, 0.4) is 0 Å². The molecule has 0 aliphatic heterocycles. The minimum atomic E-state index is -0.240. The zero-order chi connectivity index (χ0) is 17.3. The Kier molecular flexibility index (Phi) is 4.38. The maximum Gasteiger partial charge on any atom is 0.123 e. The lowest BCUT2D eigenvalue weighted by Gasteiger charge is -2.23. The van der Waals surface area contributed by atoms with Crippen molar-refractivity contribution in [1.29, 1.82) is 0 Å². The topological polar surface area (TPSA) is 25.4 Å². The number of hydrogen-bond donors (Lipinski definition) is 0. The molecule has 3 nitrogen and oxygen atoms in total. The number of methoxy groups -OCH3 is 1. The largest absolute Gasteiger partial charge is 0.497 e. The standard InChI is InChI=1S/C20H21FN2O/c1-13(2)19-12-20(23(3)15-7-5-14(21)6-8-15)17-11-16(24-4)9-10-18(17)22-19/h5-13H,1-4H3. The summed E-state index contributed by atoms with van der Waals surface area (Å²) in [6, 6.07) is 14.5. The fraction of sp³-hybridized carbons (Fsp3) is 0.250. The van der Waals surface area contributed by atoms with Gasteiger partial charge in [0.1, 0.15) is 11.6 Å². The molecule has 1 aromatic heterocycles. The number of fused-ring (bicyclic) bond motifs is 1. The van der Waals surface area contributed by atoms with E-state index in [2.05, 4.69) is 24.8 Å². The van der Waals surface area contributed by atoms with E-state index in [0.717, 1.165) is 33.7 Å². The van der Waals surface area contributed by atoms with Crippen molar-refractivity contribution < 1.29 is 9.13 Å². The Bertz CT molecular complexity index is 859. The lowest BCUT2D eigenvalue weighted by atomic mass is 10.0. The van der Waals surface area contributed by atoms with Crippen LogP contribution in [0, 0.1) is 5.82 Å². The summed E-state index contributed by atoms with van der Waals surface area (Å²) >= 11 is 0. The van der Waals surface area contributed by atoms with Crippen LogP contribution < -0.4 is 9.64 Å². The summed E-state index contributed by atoms with van der Waals surface area (Å²) < 4.78 is 18.6. The maximum atomic E-state index is 13.2. The average molecular weight is 324 g/mol. The van der Waals surface area contributed by atoms with Crippen molar-refractivity contribution in [3.63, 3.8) is 0 Å². The van der Waals surface area contributed by atoms with Gasteiger partial charge in [0.25, 0.3) is 0 Å². The van der Waals surface area contributed by atoms with E-state index in [9.17, 15) is 4.39 Å². The minimum Gasteiger partial charge on any atom is -0.497 e. The number of aromatic nitrogens is 1. The van der Waals surface area contributed by atoms with Gasteiger partial charge in [0, 0.05) is 23.8 Å². The molecular weight excluding hydrogens is 303 g/mol. The first-order valence-electron chi connectivity index (χ1n) is 7.97. The van der Waals surface area contributed by atoms with Crippen molar-refractivity contribution in [1.82, 2.24) is 4.98 Å². The van der Waals surface area contributed by atoms with Gasteiger partial charge in [0.05, 0.1) is 18.3 Å². The molecular formula is C20H21FN2O. The molecule has 0 saturated heterocycles. The molecule has 3 rings (SSSR count). The molecule has 0 fully saturated rings. The van der Waals surface area contributed by atoms with Gasteiger partial charge in [-0.05, 0) is 54.4 Å². The Balaban J connectivity index is 2.20. The predicted octanol–water partition coefficient (Wildman–Crippen LogP) is 5.27. The summed E-state index contributed by atoms with van der Waals surface area (Å²) in [6.45, 7) is 4.25. The summed E-state index contributed by atoms with van der Waals surface area (Å²) in [7, 11) is 3.63. The maximum absolute atomic E-state index is 13.2. The summed E-state index contributed by atoms with van der Waals surface area (Å²) in [5.41, 5.74) is 3.89. The van der Waals surface area contributed by atoms with Gasteiger partial charge in [-0.2, -0.15) is 0 Å². The number of rotatable bonds is 4. The smallest absolute Gasteiger partial charge is 0.123 e. The third kappa shape index (κ3) is 3.04. The Labute approximate surface area is 141 Å². The third-order valence-corrected chi connectivity index (χ3v) is 4.18. The second-order valence-corrected chi connectivity index (χ2v) is 6.14. The van der Waals surface area contributed by atoms with E-state index >= 15 is 0 Å². The molecule has 24 heavy (non-hydrogen) atoms. The van der Waals surface area contributed by atoms with Gasteiger partial charge in [-0.1, -0.05) is 13.8 Å². The van der Waals surface area contributed by atoms with E-state index in [1.807, 2.05) is 25.2 Å². The number of hydrogen-bond acceptors (Lipinski definition) is 3. The van der Waals surface area contributed by atoms with Crippen molar-refractivity contribution >= 4 is 22.3 Å². The Hall–Kier alpha value is -2.62. The van der Waals surface area contributed by atoms with Crippen molar-refractivity contribution in [2.24, 2.45) is 0 Å². The van der Waals surface area contributed by atoms with Gasteiger partial charge in [-0.3, -0.25) is 4.98 Å². The van der Waals surface area contributed by atoms with E-state index in [1.54, 1.807) is 19.2 Å². The molecule has 0 radical (unpaired) electrons. The molecule has 0 atom stereocenters. The Morgan fingerprint density at radius 3 is 2.38 bits per heavy atom. The Morgan fingerprint density at radius 1 is 1.04 bits per heavy atom. The number of pyridine rings is 1. The van der Waals surface area contributed by atoms with Gasteiger partial charge >= 0.3 is 0 Å². The van der Waals surface area contributed by atoms with Crippen molar-refractivity contribution in [2.75, 3.05) is 19.1 Å². The van der Waals surface area contributed by atoms with E-state index in [1.165, 1.54) is 12.1 Å². The average Bonchev–Trinajstić information content (AvgIpc) is 2.60. The molecule has 1 heterocycles. The quantitative estimate of drug-likeness (QED) is 0.653. The molecule has 4 heteroatoms. The highest BCUT2D eigenvalue weighted by atomic mass is 19.1. The molecule has 124 valence electrons. The van der Waals surface area contributed by atoms with E-state index in [-0.39, 0.29) is 5.82 Å². The highest BCUT2D eigenvalue weighted by Gasteiger charge is 2.14. The van der Waals surface area contributed by atoms with Crippen LogP contribution >= 0.6 is 0 Å². The monoisotopic (exact) mass is 324 g/mol. The van der Waals surface area contributed by atoms with Crippen LogP contribution in [0.5, 0.6) is 5.75 Å². The number of benzene rings is 2. The second kappa shape index (κ2) is 6.48. The summed E-state index contributed by atoms with van der Waals surface area (Å²) in [5, 5.41) is 1.01. The lowest BCUT2D eigenvalue weighted by Crippen LogP contribution is -2.11. The molecule has 0 amide bonds. The fourth-order valence-corrected chi connectivity index (χ4v) is 2.71. The first kappa shape index (κ1) is 16.2. The van der Waals surface area contributed by atoms with Gasteiger partial charge in [0.2, 0.25) is 0 Å². The van der Waals surface area contributed by atoms with Gasteiger partial charge in [0.15, 0.2) is 0 Å². The number of ether oxygens (including phenoxy) is 1. The Morgan fingerprint density at radius 2 is 1.75 bits per heavy atom. The van der Waals surface area contributed by atoms with Crippen molar-refractivity contribution in [2.45, 2.75) is 19.8 Å². The van der Waals surface area contributed by atoms with Crippen LogP contribution in [-0.4, -0.2) is 19.1 Å².